The smallest absolute Gasteiger partial charge is 0.231 e. The summed E-state index contributed by atoms with van der Waals surface area (Å²) in [4.78, 5) is 25.3. The van der Waals surface area contributed by atoms with Gasteiger partial charge in [0.25, 0.3) is 0 Å². The van der Waals surface area contributed by atoms with Crippen LogP contribution in [0.2, 0.25) is 0 Å². The van der Waals surface area contributed by atoms with Gasteiger partial charge in [0.15, 0.2) is 22.9 Å². The van der Waals surface area contributed by atoms with Crippen molar-refractivity contribution >= 4 is 45.6 Å². The van der Waals surface area contributed by atoms with Crippen LogP contribution in [0.15, 0.2) is 46.0 Å². The number of aromatic nitrogens is 2. The van der Waals surface area contributed by atoms with E-state index in [2.05, 4.69) is 51.0 Å². The molecule has 3 aromatic heterocycles. The van der Waals surface area contributed by atoms with E-state index in [-0.39, 0.29) is 5.78 Å². The summed E-state index contributed by atoms with van der Waals surface area (Å²) in [5.74, 6) is 2.18. The number of allylic oxidation sites excluding steroid dienone is 3. The van der Waals surface area contributed by atoms with Gasteiger partial charge in [-0.2, -0.15) is 4.98 Å². The largest absolute Gasteiger partial charge is 0.447 e. The van der Waals surface area contributed by atoms with Crippen LogP contribution in [-0.4, -0.2) is 49.1 Å². The van der Waals surface area contributed by atoms with Crippen molar-refractivity contribution in [3.63, 3.8) is 0 Å². The van der Waals surface area contributed by atoms with E-state index in [1.165, 1.54) is 4.88 Å². The molecule has 0 radical (unpaired) electrons. The van der Waals surface area contributed by atoms with Crippen LogP contribution in [0.25, 0.3) is 16.7 Å². The molecule has 3 aromatic rings. The lowest BCUT2D eigenvalue weighted by Gasteiger charge is -2.27. The van der Waals surface area contributed by atoms with Gasteiger partial charge in [0.05, 0.1) is 13.2 Å². The van der Waals surface area contributed by atoms with Crippen molar-refractivity contribution in [3.8, 4) is 0 Å². The number of nitrogens with one attached hydrogen (secondary N) is 2. The lowest BCUT2D eigenvalue weighted by atomic mass is 10.1. The lowest BCUT2D eigenvalue weighted by Crippen LogP contribution is -2.37. The third-order valence-electron chi connectivity index (χ3n) is 5.46. The van der Waals surface area contributed by atoms with Gasteiger partial charge >= 0.3 is 0 Å². The molecule has 0 spiro atoms. The van der Waals surface area contributed by atoms with Crippen LogP contribution in [0.4, 0.5) is 11.8 Å². The minimum absolute atomic E-state index is 0.0240. The molecule has 2 N–H and O–H groups in total. The summed E-state index contributed by atoms with van der Waals surface area (Å²) in [6.45, 7) is 6.72. The first kappa shape index (κ1) is 24.0. The number of ketones is 1. The Bertz CT molecular complexity index is 1180. The van der Waals surface area contributed by atoms with Crippen LogP contribution in [0.5, 0.6) is 0 Å². The highest BCUT2D eigenvalue weighted by molar-refractivity contribution is 7.11. The fourth-order valence-corrected chi connectivity index (χ4v) is 4.53. The number of carbonyl (C=O) groups is 1. The average Bonchev–Trinajstić information content (AvgIpc) is 3.54. The first-order valence-corrected chi connectivity index (χ1v) is 12.6. The summed E-state index contributed by atoms with van der Waals surface area (Å²) in [6.07, 6.45) is 6.37. The zero-order valence-corrected chi connectivity index (χ0v) is 20.7. The first-order chi connectivity index (χ1) is 16.6. The Balaban J connectivity index is 1.72. The number of morpholine rings is 1. The highest BCUT2D eigenvalue weighted by Crippen LogP contribution is 2.30. The Morgan fingerprint density at radius 2 is 2.09 bits per heavy atom. The Labute approximate surface area is 203 Å². The van der Waals surface area contributed by atoms with Gasteiger partial charge in [0.2, 0.25) is 5.95 Å². The molecule has 0 bridgehead atoms. The number of rotatable bonds is 10. The van der Waals surface area contributed by atoms with E-state index in [9.17, 15) is 4.79 Å². The predicted octanol–water partition coefficient (Wildman–Crippen LogP) is 5.07. The molecule has 34 heavy (non-hydrogen) atoms. The van der Waals surface area contributed by atoms with Crippen molar-refractivity contribution in [2.75, 3.05) is 43.6 Å². The second-order valence-corrected chi connectivity index (χ2v) is 8.89. The molecule has 0 unspecified atom stereocenters. The number of anilines is 2. The summed E-state index contributed by atoms with van der Waals surface area (Å²) in [6, 6.07) is 5.88. The van der Waals surface area contributed by atoms with E-state index in [0.29, 0.717) is 61.4 Å². The van der Waals surface area contributed by atoms with E-state index >= 15 is 0 Å². The molecule has 1 saturated heterocycles. The molecule has 0 amide bonds. The molecule has 4 rings (SSSR count). The topological polar surface area (TPSA) is 92.5 Å². The maximum Gasteiger partial charge on any atom is 0.231 e. The zero-order valence-electron chi connectivity index (χ0n) is 19.9. The third-order valence-corrected chi connectivity index (χ3v) is 6.38. The molecule has 0 saturated carbocycles. The summed E-state index contributed by atoms with van der Waals surface area (Å²) < 4.78 is 11.5. The molecule has 4 heterocycles. The molecule has 1 fully saturated rings. The SMILES string of the molecule is CC/C=C(\C=C(/NC)Nc1nc(N2CCOCC2)c2oc(C(=O)CCC)cc2n1)c1cccs1. The molecule has 0 aromatic carbocycles. The van der Waals surface area contributed by atoms with E-state index in [4.69, 9.17) is 14.1 Å². The van der Waals surface area contributed by atoms with Gasteiger partial charge in [0, 0.05) is 37.5 Å². The summed E-state index contributed by atoms with van der Waals surface area (Å²) >= 11 is 1.70. The van der Waals surface area contributed by atoms with Gasteiger partial charge in [-0.15, -0.1) is 11.3 Å². The van der Waals surface area contributed by atoms with E-state index in [0.717, 1.165) is 24.2 Å². The highest BCUT2D eigenvalue weighted by Gasteiger charge is 2.23. The number of fused-ring (bicyclic) bond motifs is 1. The van der Waals surface area contributed by atoms with Crippen LogP contribution in [0.1, 0.15) is 48.5 Å². The summed E-state index contributed by atoms with van der Waals surface area (Å²) in [5, 5.41) is 8.60. The Morgan fingerprint density at radius 3 is 2.76 bits per heavy atom. The van der Waals surface area contributed by atoms with Crippen molar-refractivity contribution < 1.29 is 13.9 Å². The number of thiophene rings is 1. The van der Waals surface area contributed by atoms with Crippen LogP contribution in [0, 0.1) is 0 Å². The predicted molar refractivity (Wildman–Crippen MR) is 137 cm³/mol. The fourth-order valence-electron chi connectivity index (χ4n) is 3.79. The molecule has 1 aliphatic heterocycles. The second-order valence-electron chi connectivity index (χ2n) is 7.95. The lowest BCUT2D eigenvalue weighted by molar-refractivity contribution is 0.0957. The zero-order chi connectivity index (χ0) is 23.9. The molecular formula is C25H31N5O3S. The number of carbonyl (C=O) groups excluding carboxylic acids is 1. The monoisotopic (exact) mass is 481 g/mol. The van der Waals surface area contributed by atoms with E-state index < -0.39 is 0 Å². The van der Waals surface area contributed by atoms with Crippen LogP contribution < -0.4 is 15.5 Å². The summed E-state index contributed by atoms with van der Waals surface area (Å²) in [5.41, 5.74) is 2.27. The van der Waals surface area contributed by atoms with Gasteiger partial charge in [-0.25, -0.2) is 4.98 Å². The Hall–Kier alpha value is -3.17. The minimum atomic E-state index is -0.0240. The first-order valence-electron chi connectivity index (χ1n) is 11.7. The number of furan rings is 1. The highest BCUT2D eigenvalue weighted by atomic mass is 32.1. The quantitative estimate of drug-likeness (QED) is 0.306. The van der Waals surface area contributed by atoms with Crippen LogP contribution >= 0.6 is 11.3 Å². The van der Waals surface area contributed by atoms with Gasteiger partial charge in [-0.3, -0.25) is 4.79 Å². The molecule has 0 aliphatic carbocycles. The number of Topliss-reactive ketones (excluding diaryl/α,β-unsaturated/α-hetero) is 1. The summed E-state index contributed by atoms with van der Waals surface area (Å²) in [7, 11) is 1.86. The molecular weight excluding hydrogens is 450 g/mol. The number of hydrogen-bond donors (Lipinski definition) is 2. The standard InChI is InChI=1S/C25H31N5O3S/c1-4-7-17(21-9-6-14-34-21)15-22(26-3)28-25-27-18-16-20(19(31)8-5-2)33-23(18)24(29-25)30-10-12-32-13-11-30/h6-7,9,14-16,26H,4-5,8,10-13H2,1-3H3,(H,27,28,29)/b17-7+,22-15+. The van der Waals surface area contributed by atoms with Crippen molar-refractivity contribution in [1.82, 2.24) is 15.3 Å². The number of hydrogen-bond acceptors (Lipinski definition) is 9. The van der Waals surface area contributed by atoms with Gasteiger partial charge < -0.3 is 24.7 Å². The number of ether oxygens (including phenoxy) is 1. The maximum absolute atomic E-state index is 12.5. The van der Waals surface area contributed by atoms with Crippen molar-refractivity contribution in [1.29, 1.82) is 0 Å². The van der Waals surface area contributed by atoms with E-state index in [1.54, 1.807) is 17.4 Å². The molecule has 180 valence electrons. The number of nitrogens with zero attached hydrogens (tertiary/aromatic N) is 3. The molecule has 8 nitrogen and oxygen atoms in total. The molecule has 9 heteroatoms. The average molecular weight is 482 g/mol. The van der Waals surface area contributed by atoms with Crippen LogP contribution in [-0.2, 0) is 4.74 Å². The normalized spacial score (nSPS) is 15.1. The molecule has 1 aliphatic rings. The van der Waals surface area contributed by atoms with Crippen molar-refractivity contribution in [2.24, 2.45) is 0 Å². The third kappa shape index (κ3) is 5.48. The van der Waals surface area contributed by atoms with Gasteiger partial charge in [-0.1, -0.05) is 26.0 Å². The van der Waals surface area contributed by atoms with Crippen molar-refractivity contribution in [2.45, 2.75) is 33.1 Å². The van der Waals surface area contributed by atoms with Gasteiger partial charge in [-0.05, 0) is 35.9 Å². The van der Waals surface area contributed by atoms with Crippen LogP contribution in [0.3, 0.4) is 0 Å². The minimum Gasteiger partial charge on any atom is -0.447 e. The molecule has 0 atom stereocenters. The Morgan fingerprint density at radius 1 is 1.26 bits per heavy atom. The fraction of sp³-hybridized carbons (Fsp3) is 0.400. The van der Waals surface area contributed by atoms with E-state index in [1.807, 2.05) is 20.0 Å². The Kier molecular flexibility index (Phi) is 7.97. The second kappa shape index (κ2) is 11.3. The maximum atomic E-state index is 12.5. The van der Waals surface area contributed by atoms with Gasteiger partial charge in [0.1, 0.15) is 11.3 Å². The van der Waals surface area contributed by atoms with Crippen molar-refractivity contribution in [3.05, 3.63) is 52.2 Å².